The maximum absolute atomic E-state index is 6.56. The number of halogens is 2. The molecule has 2 aromatic carbocycles. The van der Waals surface area contributed by atoms with Crippen molar-refractivity contribution in [3.05, 3.63) is 81.7 Å². The topological polar surface area (TPSA) is 9.23 Å². The Morgan fingerprint density at radius 1 is 0.913 bits per heavy atom. The van der Waals surface area contributed by atoms with Gasteiger partial charge in [-0.1, -0.05) is 65.2 Å². The third kappa shape index (κ3) is 3.31. The van der Waals surface area contributed by atoms with Crippen LogP contribution in [0.25, 0.3) is 11.1 Å². The second-order valence-corrected chi connectivity index (χ2v) is 6.28. The first-order valence-electron chi connectivity index (χ1n) is 7.43. The molecule has 0 saturated heterocycles. The largest absolute Gasteiger partial charge is 0.497 e. The van der Waals surface area contributed by atoms with Gasteiger partial charge in [0.2, 0.25) is 0 Å². The maximum atomic E-state index is 6.56. The fourth-order valence-corrected chi connectivity index (χ4v) is 3.26. The van der Waals surface area contributed by atoms with Gasteiger partial charge in [-0.3, -0.25) is 0 Å². The van der Waals surface area contributed by atoms with Crippen LogP contribution in [-0.2, 0) is 0 Å². The van der Waals surface area contributed by atoms with Gasteiger partial charge in [0.15, 0.2) is 0 Å². The van der Waals surface area contributed by atoms with Crippen LogP contribution >= 0.6 is 23.2 Å². The highest BCUT2D eigenvalue weighted by molar-refractivity contribution is 6.48. The monoisotopic (exact) mass is 343 g/mol. The van der Waals surface area contributed by atoms with Gasteiger partial charge in [0.1, 0.15) is 5.75 Å². The molecule has 23 heavy (non-hydrogen) atoms. The van der Waals surface area contributed by atoms with E-state index in [1.807, 2.05) is 24.3 Å². The average molecular weight is 344 g/mol. The molecule has 1 nitrogen and oxygen atoms in total. The lowest BCUT2D eigenvalue weighted by Crippen LogP contribution is -2.01. The molecule has 0 fully saturated rings. The van der Waals surface area contributed by atoms with Crippen molar-refractivity contribution in [2.75, 3.05) is 7.11 Å². The fourth-order valence-electron chi connectivity index (χ4n) is 2.67. The van der Waals surface area contributed by atoms with Crippen LogP contribution in [0.3, 0.4) is 0 Å². The molecule has 0 heterocycles. The molecule has 1 radical (unpaired) electrons. The number of rotatable bonds is 3. The highest BCUT2D eigenvalue weighted by Gasteiger charge is 2.21. The van der Waals surface area contributed by atoms with Crippen molar-refractivity contribution < 1.29 is 4.74 Å². The van der Waals surface area contributed by atoms with E-state index in [0.29, 0.717) is 10.1 Å². The fraction of sp³-hybridized carbons (Fsp3) is 0.150. The Morgan fingerprint density at radius 2 is 1.65 bits per heavy atom. The number of hydrogen-bond acceptors (Lipinski definition) is 1. The Labute approximate surface area is 147 Å². The lowest BCUT2D eigenvalue weighted by Gasteiger charge is -2.21. The number of aryl methyl sites for hydroxylation is 1. The van der Waals surface area contributed by atoms with Crippen LogP contribution in [0.1, 0.15) is 23.1 Å². The van der Waals surface area contributed by atoms with Crippen molar-refractivity contribution in [2.45, 2.75) is 13.3 Å². The summed E-state index contributed by atoms with van der Waals surface area (Å²) in [6, 6.07) is 16.2. The van der Waals surface area contributed by atoms with Crippen molar-refractivity contribution in [1.29, 1.82) is 0 Å². The summed E-state index contributed by atoms with van der Waals surface area (Å²) in [7, 11) is 1.65. The van der Waals surface area contributed by atoms with Crippen molar-refractivity contribution in [3.63, 3.8) is 0 Å². The number of methoxy groups -OCH3 is 1. The Morgan fingerprint density at radius 3 is 2.35 bits per heavy atom. The van der Waals surface area contributed by atoms with E-state index in [-0.39, 0.29) is 0 Å². The minimum Gasteiger partial charge on any atom is -0.497 e. The molecule has 0 unspecified atom stereocenters. The van der Waals surface area contributed by atoms with E-state index in [9.17, 15) is 0 Å². The summed E-state index contributed by atoms with van der Waals surface area (Å²) in [6.07, 6.45) is 2.88. The first kappa shape index (κ1) is 16.2. The van der Waals surface area contributed by atoms with E-state index in [4.69, 9.17) is 27.9 Å². The Bertz CT molecular complexity index is 786. The van der Waals surface area contributed by atoms with Gasteiger partial charge in [0, 0.05) is 0 Å². The Kier molecular flexibility index (Phi) is 4.79. The zero-order valence-corrected chi connectivity index (χ0v) is 14.6. The molecular formula is C20H17Cl2O. The van der Waals surface area contributed by atoms with Crippen LogP contribution in [0, 0.1) is 13.3 Å². The predicted octanol–water partition coefficient (Wildman–Crippen LogP) is 6.21. The minimum atomic E-state index is 0.585. The van der Waals surface area contributed by atoms with E-state index < -0.39 is 0 Å². The molecule has 117 valence electrons. The third-order valence-electron chi connectivity index (χ3n) is 3.99. The van der Waals surface area contributed by atoms with Crippen LogP contribution in [0.5, 0.6) is 5.75 Å². The molecule has 0 bridgehead atoms. The van der Waals surface area contributed by atoms with Gasteiger partial charge in [-0.15, -0.1) is 0 Å². The summed E-state index contributed by atoms with van der Waals surface area (Å²) >= 11 is 13.1. The molecule has 0 saturated carbocycles. The molecular weight excluding hydrogens is 327 g/mol. The second kappa shape index (κ2) is 6.82. The molecule has 0 aliphatic heterocycles. The Balaban J connectivity index is 2.03. The zero-order valence-electron chi connectivity index (χ0n) is 13.1. The lowest BCUT2D eigenvalue weighted by atomic mass is 9.89. The SMILES string of the molecule is COc1cccc(C2=C(Cl)C(Cl)=C(c3ccc(C)cc3)C[CH]2)c1. The van der Waals surface area contributed by atoms with Gasteiger partial charge < -0.3 is 4.74 Å². The molecule has 0 N–H and O–H groups in total. The molecule has 3 heteroatoms. The van der Waals surface area contributed by atoms with Crippen LogP contribution in [-0.4, -0.2) is 7.11 Å². The molecule has 1 aliphatic carbocycles. The second-order valence-electron chi connectivity index (χ2n) is 5.53. The number of ether oxygens (including phenoxy) is 1. The number of benzene rings is 2. The molecule has 0 amide bonds. The van der Waals surface area contributed by atoms with Crippen LogP contribution in [0.15, 0.2) is 58.6 Å². The van der Waals surface area contributed by atoms with Crippen molar-refractivity contribution in [2.24, 2.45) is 0 Å². The number of hydrogen-bond donors (Lipinski definition) is 0. The standard InChI is InChI=1S/C20H17Cl2O/c1-13-6-8-14(9-7-13)17-10-11-18(20(22)19(17)21)15-4-3-5-16(12-15)23-2/h3-9,11-12H,10H2,1-2H3. The maximum Gasteiger partial charge on any atom is 0.119 e. The highest BCUT2D eigenvalue weighted by Crippen LogP contribution is 2.43. The van der Waals surface area contributed by atoms with Crippen LogP contribution in [0.2, 0.25) is 0 Å². The van der Waals surface area contributed by atoms with E-state index in [1.165, 1.54) is 5.56 Å². The highest BCUT2D eigenvalue weighted by atomic mass is 35.5. The van der Waals surface area contributed by atoms with Gasteiger partial charge in [-0.25, -0.2) is 0 Å². The van der Waals surface area contributed by atoms with Gasteiger partial charge in [-0.05, 0) is 54.2 Å². The lowest BCUT2D eigenvalue weighted by molar-refractivity contribution is 0.414. The first-order valence-corrected chi connectivity index (χ1v) is 8.19. The van der Waals surface area contributed by atoms with Crippen molar-refractivity contribution >= 4 is 34.3 Å². The van der Waals surface area contributed by atoms with Gasteiger partial charge in [0.25, 0.3) is 0 Å². The van der Waals surface area contributed by atoms with Crippen molar-refractivity contribution in [3.8, 4) is 5.75 Å². The van der Waals surface area contributed by atoms with Gasteiger partial charge >= 0.3 is 0 Å². The Hall–Kier alpha value is -1.70. The van der Waals surface area contributed by atoms with E-state index in [2.05, 4.69) is 37.6 Å². The summed E-state index contributed by atoms with van der Waals surface area (Å²) in [4.78, 5) is 0. The third-order valence-corrected chi connectivity index (χ3v) is 4.89. The van der Waals surface area contributed by atoms with E-state index in [0.717, 1.165) is 34.4 Å². The number of allylic oxidation sites excluding steroid dienone is 4. The molecule has 1 aliphatic rings. The first-order chi connectivity index (χ1) is 11.1. The minimum absolute atomic E-state index is 0.585. The zero-order chi connectivity index (χ0) is 16.4. The molecule has 0 aromatic heterocycles. The van der Waals surface area contributed by atoms with Crippen molar-refractivity contribution in [1.82, 2.24) is 0 Å². The average Bonchev–Trinajstić information content (AvgIpc) is 2.58. The van der Waals surface area contributed by atoms with Crippen LogP contribution in [0.4, 0.5) is 0 Å². The predicted molar refractivity (Wildman–Crippen MR) is 98.6 cm³/mol. The smallest absolute Gasteiger partial charge is 0.119 e. The van der Waals surface area contributed by atoms with E-state index in [1.54, 1.807) is 7.11 Å². The molecule has 2 aromatic rings. The van der Waals surface area contributed by atoms with Crippen LogP contribution < -0.4 is 4.74 Å². The summed E-state index contributed by atoms with van der Waals surface area (Å²) in [5.41, 5.74) is 5.36. The summed E-state index contributed by atoms with van der Waals surface area (Å²) in [6.45, 7) is 2.07. The quantitative estimate of drug-likeness (QED) is 0.643. The van der Waals surface area contributed by atoms with Gasteiger partial charge in [0.05, 0.1) is 17.2 Å². The molecule has 0 atom stereocenters. The summed E-state index contributed by atoms with van der Waals surface area (Å²) < 4.78 is 5.28. The summed E-state index contributed by atoms with van der Waals surface area (Å²) in [5, 5.41) is 1.21. The van der Waals surface area contributed by atoms with Gasteiger partial charge in [-0.2, -0.15) is 0 Å². The molecule has 0 spiro atoms. The molecule has 3 rings (SSSR count). The van der Waals surface area contributed by atoms with E-state index >= 15 is 0 Å². The normalized spacial score (nSPS) is 15.1. The summed E-state index contributed by atoms with van der Waals surface area (Å²) in [5.74, 6) is 0.803.